The fraction of sp³-hybridized carbons (Fsp3) is 0.467. The Morgan fingerprint density at radius 3 is 2.89 bits per heavy atom. The van der Waals surface area contributed by atoms with E-state index in [1.54, 1.807) is 7.11 Å². The van der Waals surface area contributed by atoms with Crippen molar-refractivity contribution in [2.24, 2.45) is 5.73 Å². The summed E-state index contributed by atoms with van der Waals surface area (Å²) in [6.07, 6.45) is 3.26. The Kier molecular flexibility index (Phi) is 3.62. The van der Waals surface area contributed by atoms with Gasteiger partial charge in [0.25, 0.3) is 0 Å². The summed E-state index contributed by atoms with van der Waals surface area (Å²) in [5.74, 6) is 1.85. The highest BCUT2D eigenvalue weighted by molar-refractivity contribution is 5.64. The first kappa shape index (κ1) is 13.0. The summed E-state index contributed by atoms with van der Waals surface area (Å²) in [4.78, 5) is 0. The molecule has 1 aliphatic rings. The van der Waals surface area contributed by atoms with Crippen LogP contribution >= 0.6 is 0 Å². The molecular weight excluding hydrogens is 226 g/mol. The maximum atomic E-state index is 5.87. The molecule has 2 rings (SSSR count). The summed E-state index contributed by atoms with van der Waals surface area (Å²) in [6.45, 7) is 6.08. The number of methoxy groups -OCH3 is 1. The molecule has 2 N–H and O–H groups in total. The third-order valence-corrected chi connectivity index (χ3v) is 3.35. The summed E-state index contributed by atoms with van der Waals surface area (Å²) in [6, 6.07) is 4.16. The van der Waals surface area contributed by atoms with Gasteiger partial charge in [0.05, 0.1) is 7.11 Å². The molecule has 1 aromatic carbocycles. The van der Waals surface area contributed by atoms with E-state index in [0.717, 1.165) is 29.1 Å². The zero-order valence-electron chi connectivity index (χ0n) is 11.5. The van der Waals surface area contributed by atoms with Crippen molar-refractivity contribution in [2.45, 2.75) is 39.3 Å². The molecule has 0 amide bonds. The van der Waals surface area contributed by atoms with Gasteiger partial charge in [-0.25, -0.2) is 0 Å². The lowest BCUT2D eigenvalue weighted by Gasteiger charge is -2.11. The molecule has 2 atom stereocenters. The van der Waals surface area contributed by atoms with Crippen LogP contribution in [0.2, 0.25) is 0 Å². The van der Waals surface area contributed by atoms with Crippen LogP contribution in [0.3, 0.4) is 0 Å². The fourth-order valence-corrected chi connectivity index (χ4v) is 2.12. The van der Waals surface area contributed by atoms with Gasteiger partial charge in [0.1, 0.15) is 17.6 Å². The molecule has 3 heteroatoms. The van der Waals surface area contributed by atoms with Gasteiger partial charge in [-0.05, 0) is 32.9 Å². The highest BCUT2D eigenvalue weighted by Gasteiger charge is 2.21. The number of hydrogen-bond donors (Lipinski definition) is 1. The first-order valence-electron chi connectivity index (χ1n) is 6.32. The highest BCUT2D eigenvalue weighted by atomic mass is 16.5. The van der Waals surface area contributed by atoms with Gasteiger partial charge in [0.2, 0.25) is 0 Å². The molecule has 18 heavy (non-hydrogen) atoms. The summed E-state index contributed by atoms with van der Waals surface area (Å²) >= 11 is 0. The van der Waals surface area contributed by atoms with Gasteiger partial charge in [0, 0.05) is 23.6 Å². The normalized spacial score (nSPS) is 20.3. The minimum absolute atomic E-state index is 0.0443. The molecule has 0 bridgehead atoms. The zero-order chi connectivity index (χ0) is 13.3. The molecule has 1 aromatic rings. The van der Waals surface area contributed by atoms with E-state index in [1.165, 1.54) is 5.56 Å². The molecule has 0 saturated heterocycles. The molecule has 0 spiro atoms. The second-order valence-corrected chi connectivity index (χ2v) is 5.01. The van der Waals surface area contributed by atoms with Gasteiger partial charge in [-0.3, -0.25) is 0 Å². The minimum Gasteiger partial charge on any atom is -0.496 e. The van der Waals surface area contributed by atoms with Crippen LogP contribution in [-0.4, -0.2) is 19.3 Å². The lowest BCUT2D eigenvalue weighted by Crippen LogP contribution is -2.15. The average Bonchev–Trinajstić information content (AvgIpc) is 2.66. The van der Waals surface area contributed by atoms with Crippen molar-refractivity contribution in [2.75, 3.05) is 7.11 Å². The van der Waals surface area contributed by atoms with E-state index in [1.807, 2.05) is 19.9 Å². The van der Waals surface area contributed by atoms with Gasteiger partial charge in [-0.1, -0.05) is 11.6 Å². The van der Waals surface area contributed by atoms with E-state index < -0.39 is 0 Å². The van der Waals surface area contributed by atoms with Crippen LogP contribution in [-0.2, 0) is 6.42 Å². The van der Waals surface area contributed by atoms with E-state index in [4.69, 9.17) is 15.2 Å². The first-order valence-corrected chi connectivity index (χ1v) is 6.32. The molecule has 0 radical (unpaired) electrons. The first-order chi connectivity index (χ1) is 8.51. The molecule has 0 aliphatic carbocycles. The van der Waals surface area contributed by atoms with Gasteiger partial charge in [-0.15, -0.1) is 0 Å². The largest absolute Gasteiger partial charge is 0.496 e. The van der Waals surface area contributed by atoms with Crippen LogP contribution in [0, 0.1) is 0 Å². The average molecular weight is 247 g/mol. The second-order valence-electron chi connectivity index (χ2n) is 5.01. The van der Waals surface area contributed by atoms with Crippen molar-refractivity contribution in [3.63, 3.8) is 0 Å². The van der Waals surface area contributed by atoms with Crippen molar-refractivity contribution in [3.05, 3.63) is 28.8 Å². The monoisotopic (exact) mass is 247 g/mol. The molecule has 98 valence electrons. The number of benzene rings is 1. The van der Waals surface area contributed by atoms with Crippen LogP contribution in [0.5, 0.6) is 11.5 Å². The third-order valence-electron chi connectivity index (χ3n) is 3.35. The molecule has 1 aliphatic heterocycles. The molecule has 3 nitrogen and oxygen atoms in total. The van der Waals surface area contributed by atoms with Crippen molar-refractivity contribution in [1.29, 1.82) is 0 Å². The summed E-state index contributed by atoms with van der Waals surface area (Å²) < 4.78 is 11.2. The van der Waals surface area contributed by atoms with Gasteiger partial charge in [-0.2, -0.15) is 0 Å². The Bertz CT molecular complexity index is 478. The zero-order valence-corrected chi connectivity index (χ0v) is 11.5. The molecule has 0 fully saturated rings. The topological polar surface area (TPSA) is 44.5 Å². The predicted molar refractivity (Wildman–Crippen MR) is 74.1 cm³/mol. The molecule has 0 saturated carbocycles. The Hall–Kier alpha value is -1.48. The molecule has 2 unspecified atom stereocenters. The van der Waals surface area contributed by atoms with Crippen molar-refractivity contribution < 1.29 is 9.47 Å². The van der Waals surface area contributed by atoms with Crippen LogP contribution in [0.15, 0.2) is 17.7 Å². The number of hydrogen-bond acceptors (Lipinski definition) is 3. The van der Waals surface area contributed by atoms with Crippen LogP contribution in [0.25, 0.3) is 6.08 Å². The van der Waals surface area contributed by atoms with Crippen LogP contribution < -0.4 is 15.2 Å². The molecule has 0 aromatic heterocycles. The van der Waals surface area contributed by atoms with Crippen molar-refractivity contribution in [1.82, 2.24) is 0 Å². The van der Waals surface area contributed by atoms with Crippen LogP contribution in [0.1, 0.15) is 31.9 Å². The van der Waals surface area contributed by atoms with Crippen molar-refractivity contribution in [3.8, 4) is 11.5 Å². The summed E-state index contributed by atoms with van der Waals surface area (Å²) in [7, 11) is 1.69. The maximum Gasteiger partial charge on any atom is 0.126 e. The number of ether oxygens (including phenoxy) is 2. The van der Waals surface area contributed by atoms with Crippen LogP contribution in [0.4, 0.5) is 0 Å². The third kappa shape index (κ3) is 2.51. The van der Waals surface area contributed by atoms with E-state index in [9.17, 15) is 0 Å². The number of nitrogens with two attached hydrogens (primary N) is 1. The second kappa shape index (κ2) is 5.02. The predicted octanol–water partition coefficient (Wildman–Crippen LogP) is 2.77. The Balaban J connectivity index is 2.42. The van der Waals surface area contributed by atoms with Crippen molar-refractivity contribution >= 4 is 6.08 Å². The summed E-state index contributed by atoms with van der Waals surface area (Å²) in [5.41, 5.74) is 9.24. The molecule has 1 heterocycles. The van der Waals surface area contributed by atoms with E-state index in [0.29, 0.717) is 0 Å². The SMILES string of the molecule is COc1cc2c(cc1/C=C(/C)C(C)N)OC(C)C2. The quantitative estimate of drug-likeness (QED) is 0.893. The molecular formula is C15H21NO2. The Morgan fingerprint density at radius 1 is 1.56 bits per heavy atom. The Morgan fingerprint density at radius 2 is 2.28 bits per heavy atom. The highest BCUT2D eigenvalue weighted by Crippen LogP contribution is 2.35. The number of rotatable bonds is 3. The summed E-state index contributed by atoms with van der Waals surface area (Å²) in [5, 5.41) is 0. The van der Waals surface area contributed by atoms with Gasteiger partial charge in [0.15, 0.2) is 0 Å². The van der Waals surface area contributed by atoms with Gasteiger partial charge < -0.3 is 15.2 Å². The van der Waals surface area contributed by atoms with E-state index in [-0.39, 0.29) is 12.1 Å². The fourth-order valence-electron chi connectivity index (χ4n) is 2.12. The minimum atomic E-state index is 0.0443. The standard InChI is InChI=1S/C15H21NO2/c1-9(11(3)16)5-12-8-15-13(6-10(2)18-15)7-14(12)17-4/h5,7-8,10-11H,6,16H2,1-4H3/b9-5-. The lowest BCUT2D eigenvalue weighted by atomic mass is 10.0. The smallest absolute Gasteiger partial charge is 0.126 e. The number of fused-ring (bicyclic) bond motifs is 1. The van der Waals surface area contributed by atoms with E-state index >= 15 is 0 Å². The van der Waals surface area contributed by atoms with Gasteiger partial charge >= 0.3 is 0 Å². The lowest BCUT2D eigenvalue weighted by molar-refractivity contribution is 0.254. The Labute approximate surface area is 109 Å². The maximum absolute atomic E-state index is 5.87. The van der Waals surface area contributed by atoms with E-state index in [2.05, 4.69) is 19.1 Å².